The van der Waals surface area contributed by atoms with Gasteiger partial charge < -0.3 is 0 Å². The summed E-state index contributed by atoms with van der Waals surface area (Å²) in [5.74, 6) is 0.666. The van der Waals surface area contributed by atoms with Crippen molar-refractivity contribution in [1.82, 2.24) is 0 Å². The Morgan fingerprint density at radius 3 is 2.36 bits per heavy atom. The molecule has 1 atom stereocenters. The van der Waals surface area contributed by atoms with E-state index < -0.39 is 0 Å². The molecule has 0 amide bonds. The third kappa shape index (κ3) is 2.30. The lowest BCUT2D eigenvalue weighted by atomic mass is 9.89. The lowest BCUT2D eigenvalue weighted by Gasteiger charge is -2.16. The predicted molar refractivity (Wildman–Crippen MR) is 61.8 cm³/mol. The van der Waals surface area contributed by atoms with E-state index in [1.54, 1.807) is 0 Å². The van der Waals surface area contributed by atoms with E-state index in [-0.39, 0.29) is 0 Å². The molecule has 1 aromatic carbocycles. The monoisotopic (exact) mass is 208 g/mol. The molecule has 1 aliphatic rings. The minimum atomic E-state index is 0.638. The van der Waals surface area contributed by atoms with Crippen LogP contribution in [0.15, 0.2) is 24.3 Å². The van der Waals surface area contributed by atoms with Crippen LogP contribution in [0, 0.1) is 5.41 Å². The molecule has 0 N–H and O–H groups in total. The van der Waals surface area contributed by atoms with Crippen LogP contribution < -0.4 is 0 Å². The lowest BCUT2D eigenvalue weighted by Crippen LogP contribution is -2.01. The highest BCUT2D eigenvalue weighted by Crippen LogP contribution is 2.51. The van der Waals surface area contributed by atoms with Crippen LogP contribution in [0.3, 0.4) is 0 Å². The molecule has 0 saturated heterocycles. The van der Waals surface area contributed by atoms with E-state index in [1.165, 1.54) is 24.8 Å². The van der Waals surface area contributed by atoms with Crippen molar-refractivity contribution in [2.24, 2.45) is 5.41 Å². The topological polar surface area (TPSA) is 0 Å². The predicted octanol–water partition coefficient (Wildman–Crippen LogP) is 4.63. The molecule has 1 heteroatoms. The van der Waals surface area contributed by atoms with Gasteiger partial charge in [0.2, 0.25) is 0 Å². The Balaban J connectivity index is 2.03. The molecule has 1 unspecified atom stereocenters. The van der Waals surface area contributed by atoms with Crippen LogP contribution in [-0.2, 0) is 0 Å². The van der Waals surface area contributed by atoms with Crippen molar-refractivity contribution in [3.8, 4) is 0 Å². The Morgan fingerprint density at radius 1 is 1.29 bits per heavy atom. The molecule has 1 aliphatic carbocycles. The van der Waals surface area contributed by atoms with Crippen molar-refractivity contribution in [1.29, 1.82) is 0 Å². The van der Waals surface area contributed by atoms with Gasteiger partial charge in [-0.1, -0.05) is 37.6 Å². The molecular weight excluding hydrogens is 192 g/mol. The zero-order chi connectivity index (χ0) is 10.2. The van der Waals surface area contributed by atoms with Crippen LogP contribution in [0.1, 0.15) is 44.6 Å². The normalized spacial score (nSPS) is 20.5. The maximum Gasteiger partial charge on any atom is 0.0406 e. The van der Waals surface area contributed by atoms with E-state index >= 15 is 0 Å². The van der Waals surface area contributed by atoms with E-state index in [0.29, 0.717) is 11.3 Å². The summed E-state index contributed by atoms with van der Waals surface area (Å²) in [4.78, 5) is 0. The van der Waals surface area contributed by atoms with Gasteiger partial charge in [0, 0.05) is 5.02 Å². The zero-order valence-corrected chi connectivity index (χ0v) is 9.64. The lowest BCUT2D eigenvalue weighted by molar-refractivity contribution is 0.467. The largest absolute Gasteiger partial charge is 0.0843 e. The molecule has 1 aromatic rings. The summed E-state index contributed by atoms with van der Waals surface area (Å²) in [6.07, 6.45) is 4.13. The smallest absolute Gasteiger partial charge is 0.0406 e. The molecule has 0 heterocycles. The number of halogens is 1. The molecule has 0 spiro atoms. The summed E-state index contributed by atoms with van der Waals surface area (Å²) < 4.78 is 0. The molecule has 2 rings (SSSR count). The fraction of sp³-hybridized carbons (Fsp3) is 0.538. The van der Waals surface area contributed by atoms with E-state index in [4.69, 9.17) is 11.6 Å². The fourth-order valence-corrected chi connectivity index (χ4v) is 2.19. The molecule has 0 bridgehead atoms. The molecule has 1 fully saturated rings. The highest BCUT2D eigenvalue weighted by atomic mass is 35.5. The minimum Gasteiger partial charge on any atom is -0.0843 e. The van der Waals surface area contributed by atoms with E-state index in [9.17, 15) is 0 Å². The Morgan fingerprint density at radius 2 is 1.86 bits per heavy atom. The van der Waals surface area contributed by atoms with Crippen molar-refractivity contribution in [2.45, 2.75) is 39.0 Å². The molecule has 14 heavy (non-hydrogen) atoms. The maximum absolute atomic E-state index is 5.86. The van der Waals surface area contributed by atoms with E-state index in [2.05, 4.69) is 26.0 Å². The molecule has 0 aromatic heterocycles. The average Bonchev–Trinajstić information content (AvgIpc) is 2.84. The Bertz CT molecular complexity index is 309. The molecule has 0 aliphatic heterocycles. The summed E-state index contributed by atoms with van der Waals surface area (Å²) >= 11 is 5.86. The number of benzene rings is 1. The second-order valence-electron chi connectivity index (χ2n) is 4.97. The SMILES string of the molecule is CC(CC1(C)CC1)c1ccc(Cl)cc1. The number of hydrogen-bond donors (Lipinski definition) is 0. The van der Waals surface area contributed by atoms with Gasteiger partial charge in [-0.2, -0.15) is 0 Å². The van der Waals surface area contributed by atoms with Crippen molar-refractivity contribution in [2.75, 3.05) is 0 Å². The third-order valence-electron chi connectivity index (χ3n) is 3.34. The van der Waals surface area contributed by atoms with E-state index in [0.717, 1.165) is 5.02 Å². The second-order valence-corrected chi connectivity index (χ2v) is 5.40. The Labute approximate surface area is 91.3 Å². The van der Waals surface area contributed by atoms with Crippen molar-refractivity contribution in [3.05, 3.63) is 34.9 Å². The van der Waals surface area contributed by atoms with Gasteiger partial charge in [0.25, 0.3) is 0 Å². The average molecular weight is 209 g/mol. The first kappa shape index (κ1) is 10.0. The summed E-state index contributed by atoms with van der Waals surface area (Å²) in [5.41, 5.74) is 2.06. The van der Waals surface area contributed by atoms with Crippen LogP contribution in [0.2, 0.25) is 5.02 Å². The molecule has 0 nitrogen and oxygen atoms in total. The van der Waals surface area contributed by atoms with Gasteiger partial charge in [0.1, 0.15) is 0 Å². The van der Waals surface area contributed by atoms with Gasteiger partial charge >= 0.3 is 0 Å². The van der Waals surface area contributed by atoms with E-state index in [1.807, 2.05) is 12.1 Å². The molecule has 76 valence electrons. The first-order valence-corrected chi connectivity index (χ1v) is 5.72. The summed E-state index contributed by atoms with van der Waals surface area (Å²) in [5, 5.41) is 0.832. The van der Waals surface area contributed by atoms with Gasteiger partial charge in [0.05, 0.1) is 0 Å². The van der Waals surface area contributed by atoms with Gasteiger partial charge in [-0.25, -0.2) is 0 Å². The van der Waals surface area contributed by atoms with Crippen molar-refractivity contribution >= 4 is 11.6 Å². The quantitative estimate of drug-likeness (QED) is 0.679. The summed E-state index contributed by atoms with van der Waals surface area (Å²) in [7, 11) is 0. The standard InChI is InChI=1S/C13H17Cl/c1-10(9-13(2)7-8-13)11-3-5-12(14)6-4-11/h3-6,10H,7-9H2,1-2H3. The van der Waals surface area contributed by atoms with Crippen LogP contribution in [0.25, 0.3) is 0 Å². The second kappa shape index (κ2) is 3.58. The van der Waals surface area contributed by atoms with Gasteiger partial charge in [-0.3, -0.25) is 0 Å². The Kier molecular flexibility index (Phi) is 2.57. The summed E-state index contributed by atoms with van der Waals surface area (Å²) in [6.45, 7) is 4.70. The maximum atomic E-state index is 5.86. The van der Waals surface area contributed by atoms with Gasteiger partial charge in [-0.05, 0) is 48.3 Å². The number of rotatable bonds is 3. The molecular formula is C13H17Cl. The first-order chi connectivity index (χ1) is 6.59. The van der Waals surface area contributed by atoms with Crippen molar-refractivity contribution < 1.29 is 0 Å². The van der Waals surface area contributed by atoms with Crippen molar-refractivity contribution in [3.63, 3.8) is 0 Å². The third-order valence-corrected chi connectivity index (χ3v) is 3.59. The highest BCUT2D eigenvalue weighted by molar-refractivity contribution is 6.30. The number of hydrogen-bond acceptors (Lipinski definition) is 0. The zero-order valence-electron chi connectivity index (χ0n) is 8.89. The first-order valence-electron chi connectivity index (χ1n) is 5.35. The fourth-order valence-electron chi connectivity index (χ4n) is 2.07. The van der Waals surface area contributed by atoms with Gasteiger partial charge in [0.15, 0.2) is 0 Å². The molecule has 1 saturated carbocycles. The molecule has 0 radical (unpaired) electrons. The van der Waals surface area contributed by atoms with Crippen LogP contribution in [0.4, 0.5) is 0 Å². The summed E-state index contributed by atoms with van der Waals surface area (Å²) in [6, 6.07) is 8.28. The van der Waals surface area contributed by atoms with Crippen LogP contribution in [0.5, 0.6) is 0 Å². The van der Waals surface area contributed by atoms with Crippen LogP contribution in [-0.4, -0.2) is 0 Å². The van der Waals surface area contributed by atoms with Gasteiger partial charge in [-0.15, -0.1) is 0 Å². The minimum absolute atomic E-state index is 0.638. The Hall–Kier alpha value is -0.490. The highest BCUT2D eigenvalue weighted by Gasteiger charge is 2.38. The van der Waals surface area contributed by atoms with Crippen LogP contribution >= 0.6 is 11.6 Å².